The SMILES string of the molecule is COCC(N)COc1ccc(-c2ccc(C#C[C@@H](CO)n3ccnc3[C@H](C)O)cc2)cc1. The van der Waals surface area contributed by atoms with Crippen LogP contribution in [0.3, 0.4) is 0 Å². The third-order valence-electron chi connectivity index (χ3n) is 4.88. The van der Waals surface area contributed by atoms with Crippen LogP contribution in [0.4, 0.5) is 0 Å². The molecule has 3 aromatic rings. The summed E-state index contributed by atoms with van der Waals surface area (Å²) in [7, 11) is 1.61. The fraction of sp³-hybridized carbons (Fsp3) is 0.320. The molecule has 168 valence electrons. The van der Waals surface area contributed by atoms with E-state index in [4.69, 9.17) is 15.2 Å². The number of imidazole rings is 1. The topological polar surface area (TPSA) is 103 Å². The van der Waals surface area contributed by atoms with Crippen molar-refractivity contribution in [3.05, 3.63) is 72.3 Å². The number of nitrogens with zero attached hydrogens (tertiary/aromatic N) is 2. The van der Waals surface area contributed by atoms with Crippen molar-refractivity contribution in [2.24, 2.45) is 5.73 Å². The van der Waals surface area contributed by atoms with E-state index < -0.39 is 12.1 Å². The second-order valence-corrected chi connectivity index (χ2v) is 7.46. The van der Waals surface area contributed by atoms with Crippen LogP contribution in [0.5, 0.6) is 5.75 Å². The summed E-state index contributed by atoms with van der Waals surface area (Å²) >= 11 is 0. The van der Waals surface area contributed by atoms with Gasteiger partial charge in [0.1, 0.15) is 30.3 Å². The van der Waals surface area contributed by atoms with E-state index in [1.54, 1.807) is 31.0 Å². The lowest BCUT2D eigenvalue weighted by molar-refractivity contribution is 0.152. The summed E-state index contributed by atoms with van der Waals surface area (Å²) in [6.07, 6.45) is 2.56. The van der Waals surface area contributed by atoms with Gasteiger partial charge in [-0.1, -0.05) is 36.1 Å². The molecule has 1 heterocycles. The van der Waals surface area contributed by atoms with E-state index in [9.17, 15) is 10.2 Å². The first-order valence-corrected chi connectivity index (χ1v) is 10.4. The molecular formula is C25H29N3O4. The number of hydrogen-bond acceptors (Lipinski definition) is 6. The Balaban J connectivity index is 1.66. The van der Waals surface area contributed by atoms with Gasteiger partial charge >= 0.3 is 0 Å². The van der Waals surface area contributed by atoms with Gasteiger partial charge in [-0.2, -0.15) is 0 Å². The van der Waals surface area contributed by atoms with Crippen molar-refractivity contribution in [2.75, 3.05) is 26.9 Å². The fourth-order valence-electron chi connectivity index (χ4n) is 3.24. The van der Waals surface area contributed by atoms with Crippen molar-refractivity contribution >= 4 is 0 Å². The predicted octanol–water partition coefficient (Wildman–Crippen LogP) is 2.54. The molecule has 0 saturated heterocycles. The Kier molecular flexibility index (Phi) is 8.42. The average Bonchev–Trinajstić information content (AvgIpc) is 3.29. The van der Waals surface area contributed by atoms with Gasteiger partial charge in [0.05, 0.1) is 19.3 Å². The van der Waals surface area contributed by atoms with Crippen molar-refractivity contribution in [1.29, 1.82) is 0 Å². The second-order valence-electron chi connectivity index (χ2n) is 7.46. The molecule has 4 N–H and O–H groups in total. The van der Waals surface area contributed by atoms with Crippen LogP contribution in [0, 0.1) is 11.8 Å². The minimum absolute atomic E-state index is 0.161. The van der Waals surface area contributed by atoms with Gasteiger partial charge in [0.15, 0.2) is 0 Å². The Hall–Kier alpha value is -3.15. The lowest BCUT2D eigenvalue weighted by Crippen LogP contribution is -2.32. The van der Waals surface area contributed by atoms with Crippen LogP contribution in [0.15, 0.2) is 60.9 Å². The highest BCUT2D eigenvalue weighted by atomic mass is 16.5. The highest BCUT2D eigenvalue weighted by molar-refractivity contribution is 5.65. The average molecular weight is 436 g/mol. The molecule has 2 aromatic carbocycles. The van der Waals surface area contributed by atoms with Gasteiger partial charge in [-0.15, -0.1) is 0 Å². The van der Waals surface area contributed by atoms with Gasteiger partial charge in [0.2, 0.25) is 0 Å². The summed E-state index contributed by atoms with van der Waals surface area (Å²) in [6.45, 7) is 2.31. The molecule has 0 fully saturated rings. The number of aromatic nitrogens is 2. The Morgan fingerprint density at radius 1 is 1.06 bits per heavy atom. The molecule has 0 bridgehead atoms. The normalized spacial score (nSPS) is 13.7. The van der Waals surface area contributed by atoms with Crippen molar-refractivity contribution < 1.29 is 19.7 Å². The van der Waals surface area contributed by atoms with Crippen LogP contribution in [-0.2, 0) is 4.74 Å². The van der Waals surface area contributed by atoms with Gasteiger partial charge in [-0.25, -0.2) is 4.98 Å². The van der Waals surface area contributed by atoms with Crippen LogP contribution >= 0.6 is 0 Å². The molecule has 3 atom stereocenters. The number of hydrogen-bond donors (Lipinski definition) is 3. The highest BCUT2D eigenvalue weighted by Crippen LogP contribution is 2.23. The number of benzene rings is 2. The van der Waals surface area contributed by atoms with E-state index >= 15 is 0 Å². The van der Waals surface area contributed by atoms with E-state index in [1.165, 1.54) is 0 Å². The summed E-state index contributed by atoms with van der Waals surface area (Å²) in [4.78, 5) is 4.13. The number of rotatable bonds is 9. The standard InChI is InChI=1S/C25H29N3O4/c1-18(30)25-27-13-14-28(25)23(15-29)10-5-19-3-6-20(7-4-19)21-8-11-24(12-9-21)32-17-22(26)16-31-2/h3-4,6-9,11-14,18,22-23,29-30H,15-17,26H2,1-2H3/t18-,22?,23-/m0/s1. The van der Waals surface area contributed by atoms with Crippen molar-refractivity contribution in [2.45, 2.75) is 25.1 Å². The third-order valence-corrected chi connectivity index (χ3v) is 4.88. The maximum absolute atomic E-state index is 9.82. The number of methoxy groups -OCH3 is 1. The first-order valence-electron chi connectivity index (χ1n) is 10.4. The smallest absolute Gasteiger partial charge is 0.138 e. The Morgan fingerprint density at radius 3 is 2.31 bits per heavy atom. The van der Waals surface area contributed by atoms with Gasteiger partial charge in [-0.3, -0.25) is 0 Å². The summed E-state index contributed by atoms with van der Waals surface area (Å²) in [5.41, 5.74) is 8.83. The molecule has 0 aliphatic carbocycles. The third kappa shape index (κ3) is 6.19. The molecule has 1 unspecified atom stereocenters. The number of nitrogens with two attached hydrogens (primary N) is 1. The molecule has 0 amide bonds. The summed E-state index contributed by atoms with van der Waals surface area (Å²) in [5, 5.41) is 19.6. The van der Waals surface area contributed by atoms with Crippen molar-refractivity contribution in [3.8, 4) is 28.7 Å². The lowest BCUT2D eigenvalue weighted by atomic mass is 10.0. The molecule has 7 heteroatoms. The zero-order valence-corrected chi connectivity index (χ0v) is 18.3. The molecular weight excluding hydrogens is 406 g/mol. The van der Waals surface area contributed by atoms with Crippen LogP contribution in [0.2, 0.25) is 0 Å². The van der Waals surface area contributed by atoms with E-state index in [0.717, 1.165) is 22.4 Å². The first kappa shape index (κ1) is 23.5. The van der Waals surface area contributed by atoms with E-state index in [0.29, 0.717) is 19.0 Å². The van der Waals surface area contributed by atoms with Crippen LogP contribution < -0.4 is 10.5 Å². The van der Waals surface area contributed by atoms with E-state index in [-0.39, 0.29) is 12.6 Å². The largest absolute Gasteiger partial charge is 0.492 e. The van der Waals surface area contributed by atoms with Crippen LogP contribution in [0.1, 0.15) is 30.5 Å². The second kappa shape index (κ2) is 11.5. The summed E-state index contributed by atoms with van der Waals surface area (Å²) in [6, 6.07) is 15.1. The molecule has 0 aliphatic heterocycles. The molecule has 32 heavy (non-hydrogen) atoms. The van der Waals surface area contributed by atoms with Crippen LogP contribution in [-0.4, -0.2) is 52.7 Å². The maximum Gasteiger partial charge on any atom is 0.138 e. The zero-order valence-electron chi connectivity index (χ0n) is 18.3. The first-order chi connectivity index (χ1) is 15.5. The quantitative estimate of drug-likeness (QED) is 0.447. The Labute approximate surface area is 188 Å². The van der Waals surface area contributed by atoms with E-state index in [2.05, 4.69) is 16.8 Å². The predicted molar refractivity (Wildman–Crippen MR) is 123 cm³/mol. The monoisotopic (exact) mass is 435 g/mol. The minimum Gasteiger partial charge on any atom is -0.492 e. The number of aliphatic hydroxyl groups excluding tert-OH is 2. The molecule has 0 saturated carbocycles. The van der Waals surface area contributed by atoms with Crippen molar-refractivity contribution in [3.63, 3.8) is 0 Å². The maximum atomic E-state index is 9.82. The summed E-state index contributed by atoms with van der Waals surface area (Å²) in [5.74, 6) is 7.38. The van der Waals surface area contributed by atoms with Crippen molar-refractivity contribution in [1.82, 2.24) is 9.55 Å². The van der Waals surface area contributed by atoms with Gasteiger partial charge in [-0.05, 0) is 42.3 Å². The summed E-state index contributed by atoms with van der Waals surface area (Å²) < 4.78 is 12.4. The molecule has 0 radical (unpaired) electrons. The van der Waals surface area contributed by atoms with Gasteiger partial charge in [0, 0.05) is 25.1 Å². The number of ether oxygens (including phenoxy) is 2. The minimum atomic E-state index is -0.737. The Bertz CT molecular complexity index is 1030. The Morgan fingerprint density at radius 2 is 1.72 bits per heavy atom. The van der Waals surface area contributed by atoms with Gasteiger partial charge in [0.25, 0.3) is 0 Å². The molecule has 7 nitrogen and oxygen atoms in total. The molecule has 0 aliphatic rings. The van der Waals surface area contributed by atoms with Gasteiger partial charge < -0.3 is 30.0 Å². The molecule has 3 rings (SSSR count). The zero-order chi connectivity index (χ0) is 22.9. The lowest BCUT2D eigenvalue weighted by Gasteiger charge is -2.14. The van der Waals surface area contributed by atoms with E-state index in [1.807, 2.05) is 48.5 Å². The fourth-order valence-corrected chi connectivity index (χ4v) is 3.24. The highest BCUT2D eigenvalue weighted by Gasteiger charge is 2.14. The molecule has 1 aromatic heterocycles. The number of aliphatic hydroxyl groups is 2. The van der Waals surface area contributed by atoms with Crippen LogP contribution in [0.25, 0.3) is 11.1 Å². The molecule has 0 spiro atoms.